The van der Waals surface area contributed by atoms with Gasteiger partial charge in [-0.15, -0.1) is 0 Å². The van der Waals surface area contributed by atoms with Crippen molar-refractivity contribution >= 4 is 17.3 Å². The summed E-state index contributed by atoms with van der Waals surface area (Å²) in [5.41, 5.74) is 8.59. The molecule has 0 spiro atoms. The lowest BCUT2D eigenvalue weighted by Crippen LogP contribution is -2.07. The molecule has 3 rings (SSSR count). The van der Waals surface area contributed by atoms with Crippen LogP contribution in [-0.2, 0) is 6.61 Å². The number of benzene rings is 3. The van der Waals surface area contributed by atoms with Crippen molar-refractivity contribution < 1.29 is 14.6 Å². The van der Waals surface area contributed by atoms with Crippen molar-refractivity contribution in [2.45, 2.75) is 12.7 Å². The van der Waals surface area contributed by atoms with Crippen molar-refractivity contribution in [3.05, 3.63) is 88.4 Å². The molecule has 0 heterocycles. The van der Waals surface area contributed by atoms with Gasteiger partial charge >= 0.3 is 0 Å². The minimum atomic E-state index is -0.982. The molecule has 0 fully saturated rings. The van der Waals surface area contributed by atoms with Crippen molar-refractivity contribution in [1.82, 2.24) is 0 Å². The van der Waals surface area contributed by atoms with E-state index in [2.05, 4.69) is 0 Å². The fourth-order valence-corrected chi connectivity index (χ4v) is 2.95. The summed E-state index contributed by atoms with van der Waals surface area (Å²) >= 11 is 6.05. The monoisotopic (exact) mass is 369 g/mol. The zero-order valence-corrected chi connectivity index (χ0v) is 15.1. The lowest BCUT2D eigenvalue weighted by Gasteiger charge is -2.19. The Balaban J connectivity index is 1.91. The van der Waals surface area contributed by atoms with Gasteiger partial charge in [0, 0.05) is 21.8 Å². The Kier molecular flexibility index (Phi) is 5.66. The number of rotatable bonds is 6. The highest BCUT2D eigenvalue weighted by Crippen LogP contribution is 2.39. The lowest BCUT2D eigenvalue weighted by molar-refractivity contribution is 0.211. The first-order chi connectivity index (χ1) is 12.6. The molecule has 0 bridgehead atoms. The minimum Gasteiger partial charge on any atom is -0.492 e. The summed E-state index contributed by atoms with van der Waals surface area (Å²) in [6, 6.07) is 20.2. The molecule has 4 nitrogen and oxygen atoms in total. The first-order valence-corrected chi connectivity index (χ1v) is 8.54. The number of anilines is 1. The number of aliphatic hydroxyl groups excluding tert-OH is 1. The van der Waals surface area contributed by atoms with Gasteiger partial charge in [-0.05, 0) is 29.8 Å². The van der Waals surface area contributed by atoms with Crippen LogP contribution in [0, 0.1) is 0 Å². The number of nitrogens with two attached hydrogens (primary N) is 1. The molecule has 1 unspecified atom stereocenters. The van der Waals surface area contributed by atoms with Gasteiger partial charge in [-0.25, -0.2) is 0 Å². The van der Waals surface area contributed by atoms with Crippen LogP contribution in [0.3, 0.4) is 0 Å². The van der Waals surface area contributed by atoms with Gasteiger partial charge in [-0.2, -0.15) is 0 Å². The summed E-state index contributed by atoms with van der Waals surface area (Å²) < 4.78 is 11.4. The number of ether oxygens (including phenoxy) is 2. The van der Waals surface area contributed by atoms with E-state index in [0.29, 0.717) is 39.9 Å². The van der Waals surface area contributed by atoms with Crippen molar-refractivity contribution in [2.75, 3.05) is 12.8 Å². The molecule has 0 aliphatic rings. The molecule has 134 valence electrons. The van der Waals surface area contributed by atoms with Gasteiger partial charge in [-0.1, -0.05) is 54.1 Å². The summed E-state index contributed by atoms with van der Waals surface area (Å²) in [7, 11) is 1.54. The number of methoxy groups -OCH3 is 1. The van der Waals surface area contributed by atoms with E-state index in [4.69, 9.17) is 26.8 Å². The number of nitrogen functional groups attached to an aromatic ring is 1. The van der Waals surface area contributed by atoms with Crippen molar-refractivity contribution in [1.29, 1.82) is 0 Å². The maximum atomic E-state index is 10.8. The Labute approximate surface area is 157 Å². The predicted octanol–water partition coefficient (Wildman–Crippen LogP) is 4.59. The van der Waals surface area contributed by atoms with E-state index in [0.717, 1.165) is 5.56 Å². The summed E-state index contributed by atoms with van der Waals surface area (Å²) in [4.78, 5) is 0. The van der Waals surface area contributed by atoms with E-state index in [1.54, 1.807) is 37.4 Å². The average molecular weight is 370 g/mol. The third-order valence-corrected chi connectivity index (χ3v) is 4.32. The van der Waals surface area contributed by atoms with Crippen LogP contribution in [0.25, 0.3) is 0 Å². The van der Waals surface area contributed by atoms with Crippen LogP contribution in [0.2, 0.25) is 5.02 Å². The van der Waals surface area contributed by atoms with Gasteiger partial charge in [0.2, 0.25) is 0 Å². The zero-order valence-electron chi connectivity index (χ0n) is 14.4. The first kappa shape index (κ1) is 18.1. The van der Waals surface area contributed by atoms with Crippen LogP contribution >= 0.6 is 11.6 Å². The molecule has 0 aliphatic heterocycles. The van der Waals surface area contributed by atoms with Crippen LogP contribution in [0.4, 0.5) is 5.69 Å². The lowest BCUT2D eigenvalue weighted by atomic mass is 9.99. The van der Waals surface area contributed by atoms with Crippen LogP contribution in [-0.4, -0.2) is 12.2 Å². The van der Waals surface area contributed by atoms with Crippen LogP contribution in [0.1, 0.15) is 22.8 Å². The third-order valence-electron chi connectivity index (χ3n) is 4.09. The van der Waals surface area contributed by atoms with Crippen LogP contribution in [0.15, 0.2) is 66.7 Å². The van der Waals surface area contributed by atoms with Gasteiger partial charge in [0.1, 0.15) is 12.7 Å². The molecule has 5 heteroatoms. The SMILES string of the molecule is COc1c(OCc2ccccc2)cccc1C(O)c1cc(Cl)ccc1N. The molecular weight excluding hydrogens is 350 g/mol. The second kappa shape index (κ2) is 8.13. The van der Waals surface area contributed by atoms with Crippen molar-refractivity contribution in [2.24, 2.45) is 0 Å². The number of aliphatic hydroxyl groups is 1. The Morgan fingerprint density at radius 3 is 2.50 bits per heavy atom. The fourth-order valence-electron chi connectivity index (χ4n) is 2.77. The number of hydrogen-bond acceptors (Lipinski definition) is 4. The summed E-state index contributed by atoms with van der Waals surface area (Å²) in [5.74, 6) is 1.02. The van der Waals surface area contributed by atoms with Crippen LogP contribution in [0.5, 0.6) is 11.5 Å². The maximum Gasteiger partial charge on any atom is 0.166 e. The molecule has 3 aromatic rings. The molecule has 0 radical (unpaired) electrons. The highest BCUT2D eigenvalue weighted by atomic mass is 35.5. The van der Waals surface area contributed by atoms with Crippen LogP contribution < -0.4 is 15.2 Å². The fraction of sp³-hybridized carbons (Fsp3) is 0.143. The minimum absolute atomic E-state index is 0.399. The molecule has 3 N–H and O–H groups in total. The number of hydrogen-bond donors (Lipinski definition) is 2. The maximum absolute atomic E-state index is 10.8. The molecule has 26 heavy (non-hydrogen) atoms. The normalized spacial score (nSPS) is 11.8. The summed E-state index contributed by atoms with van der Waals surface area (Å²) in [5, 5.41) is 11.3. The molecule has 1 atom stereocenters. The quantitative estimate of drug-likeness (QED) is 0.623. The Hall–Kier alpha value is -2.69. The molecule has 3 aromatic carbocycles. The van der Waals surface area contributed by atoms with E-state index in [9.17, 15) is 5.11 Å². The van der Waals surface area contributed by atoms with E-state index in [1.807, 2.05) is 36.4 Å². The highest BCUT2D eigenvalue weighted by Gasteiger charge is 2.21. The largest absolute Gasteiger partial charge is 0.492 e. The van der Waals surface area contributed by atoms with Gasteiger partial charge in [0.05, 0.1) is 7.11 Å². The van der Waals surface area contributed by atoms with E-state index < -0.39 is 6.10 Å². The van der Waals surface area contributed by atoms with E-state index in [-0.39, 0.29) is 0 Å². The third kappa shape index (κ3) is 3.93. The topological polar surface area (TPSA) is 64.7 Å². The number of halogens is 1. The van der Waals surface area contributed by atoms with Crippen molar-refractivity contribution in [3.8, 4) is 11.5 Å². The Bertz CT molecular complexity index is 884. The van der Waals surface area contributed by atoms with E-state index >= 15 is 0 Å². The first-order valence-electron chi connectivity index (χ1n) is 8.16. The molecule has 0 aromatic heterocycles. The summed E-state index contributed by atoms with van der Waals surface area (Å²) in [6.07, 6.45) is -0.982. The predicted molar refractivity (Wildman–Crippen MR) is 104 cm³/mol. The second-order valence-electron chi connectivity index (χ2n) is 5.83. The molecule has 0 amide bonds. The second-order valence-corrected chi connectivity index (χ2v) is 6.27. The zero-order chi connectivity index (χ0) is 18.5. The van der Waals surface area contributed by atoms with Gasteiger partial charge in [0.15, 0.2) is 11.5 Å². The van der Waals surface area contributed by atoms with Crippen molar-refractivity contribution in [3.63, 3.8) is 0 Å². The van der Waals surface area contributed by atoms with E-state index in [1.165, 1.54) is 0 Å². The molecule has 0 saturated carbocycles. The highest BCUT2D eigenvalue weighted by molar-refractivity contribution is 6.30. The number of para-hydroxylation sites is 1. The molecule has 0 aliphatic carbocycles. The Morgan fingerprint density at radius 1 is 1.00 bits per heavy atom. The summed E-state index contributed by atoms with van der Waals surface area (Å²) in [6.45, 7) is 0.399. The molecule has 0 saturated heterocycles. The Morgan fingerprint density at radius 2 is 1.77 bits per heavy atom. The average Bonchev–Trinajstić information content (AvgIpc) is 2.68. The molecular formula is C21H20ClNO3. The van der Waals surface area contributed by atoms with Gasteiger partial charge in [-0.3, -0.25) is 0 Å². The smallest absolute Gasteiger partial charge is 0.166 e. The van der Waals surface area contributed by atoms with Gasteiger partial charge in [0.25, 0.3) is 0 Å². The van der Waals surface area contributed by atoms with Gasteiger partial charge < -0.3 is 20.3 Å². The standard InChI is InChI=1S/C21H20ClNO3/c1-25-21-16(20(24)17-12-15(22)10-11-18(17)23)8-5-9-19(21)26-13-14-6-3-2-4-7-14/h2-12,20,24H,13,23H2,1H3.